The van der Waals surface area contributed by atoms with Crippen molar-refractivity contribution in [3.63, 3.8) is 0 Å². The van der Waals surface area contributed by atoms with Gasteiger partial charge in [-0.1, -0.05) is 19.1 Å². The van der Waals surface area contributed by atoms with Crippen molar-refractivity contribution in [2.75, 3.05) is 5.73 Å². The van der Waals surface area contributed by atoms with Crippen molar-refractivity contribution in [3.05, 3.63) is 29.3 Å². The summed E-state index contributed by atoms with van der Waals surface area (Å²) < 4.78 is 0. The van der Waals surface area contributed by atoms with Crippen LogP contribution in [0, 0.1) is 0 Å². The molecule has 1 aliphatic heterocycles. The number of nitrogens with zero attached hydrogens (tertiary/aromatic N) is 1. The molecule has 1 aromatic rings. The predicted molar refractivity (Wildman–Crippen MR) is 59.9 cm³/mol. The van der Waals surface area contributed by atoms with Crippen LogP contribution < -0.4 is 5.73 Å². The van der Waals surface area contributed by atoms with Gasteiger partial charge in [-0.05, 0) is 30.5 Å². The zero-order valence-corrected chi connectivity index (χ0v) is 8.96. The van der Waals surface area contributed by atoms with E-state index in [-0.39, 0.29) is 0 Å². The Balaban J connectivity index is 2.22. The Hall–Kier alpha value is -1.02. The minimum absolute atomic E-state index is 0.654. The van der Waals surface area contributed by atoms with E-state index in [0.29, 0.717) is 6.04 Å². The highest BCUT2D eigenvalue weighted by Crippen LogP contribution is 2.29. The first kappa shape index (κ1) is 9.53. The van der Waals surface area contributed by atoms with Crippen LogP contribution in [-0.2, 0) is 13.1 Å². The molecular formula is C12H18N2. The summed E-state index contributed by atoms with van der Waals surface area (Å²) in [5.74, 6) is 0. The number of nitrogen functional groups attached to an aromatic ring is 1. The fourth-order valence-electron chi connectivity index (χ4n) is 2.04. The molecule has 1 heterocycles. The van der Waals surface area contributed by atoms with E-state index in [1.54, 1.807) is 0 Å². The minimum atomic E-state index is 0.654. The van der Waals surface area contributed by atoms with Gasteiger partial charge in [-0.2, -0.15) is 0 Å². The number of hydrogen-bond donors (Lipinski definition) is 1. The van der Waals surface area contributed by atoms with Crippen LogP contribution in [0.1, 0.15) is 31.4 Å². The molecule has 0 radical (unpaired) electrons. The highest BCUT2D eigenvalue weighted by Gasteiger charge is 2.23. The average molecular weight is 190 g/mol. The van der Waals surface area contributed by atoms with Crippen LogP contribution in [-0.4, -0.2) is 10.9 Å². The van der Waals surface area contributed by atoms with Crippen LogP contribution in [0.2, 0.25) is 0 Å². The largest absolute Gasteiger partial charge is 0.398 e. The standard InChI is InChI=1S/C12H18N2/c1-3-9(2)14-7-10-5-4-6-12(13)11(10)8-14/h4-6,9H,3,7-8,13H2,1-2H3. The van der Waals surface area contributed by atoms with Crippen LogP contribution in [0.3, 0.4) is 0 Å². The maximum Gasteiger partial charge on any atom is 0.0363 e. The number of benzene rings is 1. The molecule has 76 valence electrons. The van der Waals surface area contributed by atoms with Crippen LogP contribution >= 0.6 is 0 Å². The molecule has 2 nitrogen and oxygen atoms in total. The van der Waals surface area contributed by atoms with Crippen molar-refractivity contribution in [1.82, 2.24) is 4.90 Å². The van der Waals surface area contributed by atoms with E-state index in [0.717, 1.165) is 18.8 Å². The van der Waals surface area contributed by atoms with Gasteiger partial charge >= 0.3 is 0 Å². The van der Waals surface area contributed by atoms with E-state index in [2.05, 4.69) is 24.8 Å². The summed E-state index contributed by atoms with van der Waals surface area (Å²) in [6.45, 7) is 6.60. The summed E-state index contributed by atoms with van der Waals surface area (Å²) in [4.78, 5) is 2.49. The lowest BCUT2D eigenvalue weighted by Crippen LogP contribution is -2.26. The van der Waals surface area contributed by atoms with E-state index in [1.807, 2.05) is 12.1 Å². The van der Waals surface area contributed by atoms with Crippen molar-refractivity contribution in [1.29, 1.82) is 0 Å². The Morgan fingerprint density at radius 1 is 1.43 bits per heavy atom. The van der Waals surface area contributed by atoms with E-state index in [4.69, 9.17) is 5.73 Å². The Bertz CT molecular complexity index is 333. The lowest BCUT2D eigenvalue weighted by Gasteiger charge is -2.22. The van der Waals surface area contributed by atoms with Gasteiger partial charge in [-0.3, -0.25) is 4.90 Å². The molecule has 0 saturated heterocycles. The van der Waals surface area contributed by atoms with Crippen molar-refractivity contribution < 1.29 is 0 Å². The smallest absolute Gasteiger partial charge is 0.0363 e. The molecule has 1 unspecified atom stereocenters. The van der Waals surface area contributed by atoms with Crippen LogP contribution in [0.25, 0.3) is 0 Å². The minimum Gasteiger partial charge on any atom is -0.398 e. The Labute approximate surface area is 85.7 Å². The van der Waals surface area contributed by atoms with Crippen LogP contribution in [0.15, 0.2) is 18.2 Å². The van der Waals surface area contributed by atoms with Gasteiger partial charge in [0.05, 0.1) is 0 Å². The first-order valence-electron chi connectivity index (χ1n) is 5.32. The molecule has 14 heavy (non-hydrogen) atoms. The second-order valence-electron chi connectivity index (χ2n) is 4.15. The lowest BCUT2D eigenvalue weighted by atomic mass is 10.1. The molecule has 1 aliphatic rings. The normalized spacial score (nSPS) is 18.1. The van der Waals surface area contributed by atoms with Crippen molar-refractivity contribution in [3.8, 4) is 0 Å². The summed E-state index contributed by atoms with van der Waals surface area (Å²) in [7, 11) is 0. The van der Waals surface area contributed by atoms with Crippen LogP contribution in [0.4, 0.5) is 5.69 Å². The third-order valence-corrected chi connectivity index (χ3v) is 3.26. The molecule has 0 fully saturated rings. The number of hydrogen-bond acceptors (Lipinski definition) is 2. The Morgan fingerprint density at radius 3 is 2.86 bits per heavy atom. The van der Waals surface area contributed by atoms with E-state index < -0.39 is 0 Å². The SMILES string of the molecule is CCC(C)N1Cc2cccc(N)c2C1. The number of anilines is 1. The molecule has 1 aromatic carbocycles. The molecule has 2 rings (SSSR count). The van der Waals surface area contributed by atoms with Crippen molar-refractivity contribution in [2.45, 2.75) is 39.4 Å². The zero-order chi connectivity index (χ0) is 10.1. The molecule has 1 atom stereocenters. The predicted octanol–water partition coefficient (Wildman–Crippen LogP) is 2.38. The van der Waals surface area contributed by atoms with E-state index in [1.165, 1.54) is 17.5 Å². The molecule has 0 saturated carbocycles. The number of fused-ring (bicyclic) bond motifs is 1. The second-order valence-corrected chi connectivity index (χ2v) is 4.15. The quantitative estimate of drug-likeness (QED) is 0.725. The molecule has 0 amide bonds. The summed E-state index contributed by atoms with van der Waals surface area (Å²) in [6, 6.07) is 6.89. The maximum absolute atomic E-state index is 5.95. The van der Waals surface area contributed by atoms with Gasteiger partial charge in [0, 0.05) is 24.8 Å². The van der Waals surface area contributed by atoms with Gasteiger partial charge < -0.3 is 5.73 Å². The lowest BCUT2D eigenvalue weighted by molar-refractivity contribution is 0.208. The first-order valence-corrected chi connectivity index (χ1v) is 5.32. The molecule has 0 aliphatic carbocycles. The van der Waals surface area contributed by atoms with Crippen LogP contribution in [0.5, 0.6) is 0 Å². The molecular weight excluding hydrogens is 172 g/mol. The van der Waals surface area contributed by atoms with E-state index in [9.17, 15) is 0 Å². The first-order chi connectivity index (χ1) is 6.72. The van der Waals surface area contributed by atoms with E-state index >= 15 is 0 Å². The van der Waals surface area contributed by atoms with Gasteiger partial charge in [0.25, 0.3) is 0 Å². The number of rotatable bonds is 2. The summed E-state index contributed by atoms with van der Waals surface area (Å²) >= 11 is 0. The fraction of sp³-hybridized carbons (Fsp3) is 0.500. The van der Waals surface area contributed by atoms with Gasteiger partial charge in [-0.15, -0.1) is 0 Å². The topological polar surface area (TPSA) is 29.3 Å². The number of nitrogens with two attached hydrogens (primary N) is 1. The molecule has 0 spiro atoms. The monoisotopic (exact) mass is 190 g/mol. The van der Waals surface area contributed by atoms with Crippen molar-refractivity contribution in [2.24, 2.45) is 0 Å². The van der Waals surface area contributed by atoms with Gasteiger partial charge in [0.1, 0.15) is 0 Å². The molecule has 0 bridgehead atoms. The summed E-state index contributed by atoms with van der Waals surface area (Å²) in [5.41, 5.74) is 9.65. The Kier molecular flexibility index (Phi) is 2.46. The van der Waals surface area contributed by atoms with Gasteiger partial charge in [-0.25, -0.2) is 0 Å². The second kappa shape index (κ2) is 3.62. The third kappa shape index (κ3) is 1.50. The Morgan fingerprint density at radius 2 is 2.21 bits per heavy atom. The van der Waals surface area contributed by atoms with Gasteiger partial charge in [0.15, 0.2) is 0 Å². The zero-order valence-electron chi connectivity index (χ0n) is 8.96. The molecule has 0 aromatic heterocycles. The molecule has 2 heteroatoms. The van der Waals surface area contributed by atoms with Gasteiger partial charge in [0.2, 0.25) is 0 Å². The fourth-order valence-corrected chi connectivity index (χ4v) is 2.04. The summed E-state index contributed by atoms with van der Waals surface area (Å²) in [5, 5.41) is 0. The highest BCUT2D eigenvalue weighted by molar-refractivity contribution is 5.52. The third-order valence-electron chi connectivity index (χ3n) is 3.26. The molecule has 2 N–H and O–H groups in total. The maximum atomic E-state index is 5.95. The highest BCUT2D eigenvalue weighted by atomic mass is 15.2. The summed E-state index contributed by atoms with van der Waals surface area (Å²) in [6.07, 6.45) is 1.20. The van der Waals surface area contributed by atoms with Crippen molar-refractivity contribution >= 4 is 5.69 Å². The average Bonchev–Trinajstić information content (AvgIpc) is 2.62.